The zero-order valence-electron chi connectivity index (χ0n) is 11.2. The summed E-state index contributed by atoms with van der Waals surface area (Å²) in [5.74, 6) is 0.730. The van der Waals surface area contributed by atoms with Crippen LogP contribution in [0.5, 0.6) is 0 Å². The molecule has 2 N–H and O–H groups in total. The van der Waals surface area contributed by atoms with Crippen molar-refractivity contribution < 1.29 is 0 Å². The Balaban J connectivity index is 1.88. The molecule has 94 valence electrons. The average Bonchev–Trinajstić information content (AvgIpc) is 2.29. The summed E-state index contributed by atoms with van der Waals surface area (Å²) in [7, 11) is 0. The van der Waals surface area contributed by atoms with Gasteiger partial charge in [-0.15, -0.1) is 0 Å². The minimum atomic E-state index is 0.587. The molecular formula is C15H24N2. The van der Waals surface area contributed by atoms with Crippen LogP contribution < -0.4 is 10.6 Å². The number of nitrogens with one attached hydrogen (secondary N) is 2. The van der Waals surface area contributed by atoms with Crippen molar-refractivity contribution in [2.45, 2.75) is 39.8 Å². The first-order chi connectivity index (χ1) is 8.15. The summed E-state index contributed by atoms with van der Waals surface area (Å²) in [5.41, 5.74) is 4.36. The van der Waals surface area contributed by atoms with Crippen LogP contribution in [0.15, 0.2) is 18.2 Å². The molecule has 1 aliphatic heterocycles. The maximum atomic E-state index is 3.61. The highest BCUT2D eigenvalue weighted by molar-refractivity contribution is 5.33. The van der Waals surface area contributed by atoms with Crippen LogP contribution in [0, 0.1) is 12.8 Å². The molecule has 0 spiro atoms. The van der Waals surface area contributed by atoms with Crippen LogP contribution in [0.1, 0.15) is 30.5 Å². The molecule has 1 aromatic rings. The molecule has 1 aromatic carbocycles. The Hall–Kier alpha value is -0.860. The van der Waals surface area contributed by atoms with Crippen LogP contribution in [0.3, 0.4) is 0 Å². The van der Waals surface area contributed by atoms with Gasteiger partial charge in [-0.2, -0.15) is 0 Å². The van der Waals surface area contributed by atoms with E-state index in [0.717, 1.165) is 32.0 Å². The summed E-state index contributed by atoms with van der Waals surface area (Å²) in [6, 6.07) is 7.41. The monoisotopic (exact) mass is 232 g/mol. The first-order valence-electron chi connectivity index (χ1n) is 6.67. The van der Waals surface area contributed by atoms with Crippen LogP contribution >= 0.6 is 0 Å². The van der Waals surface area contributed by atoms with Crippen molar-refractivity contribution in [2.75, 3.05) is 13.1 Å². The smallest absolute Gasteiger partial charge is 0.0236 e. The van der Waals surface area contributed by atoms with Crippen molar-refractivity contribution in [3.63, 3.8) is 0 Å². The zero-order valence-corrected chi connectivity index (χ0v) is 11.2. The highest BCUT2D eigenvalue weighted by Crippen LogP contribution is 2.17. The van der Waals surface area contributed by atoms with Crippen molar-refractivity contribution >= 4 is 0 Å². The maximum Gasteiger partial charge on any atom is 0.0236 e. The Kier molecular flexibility index (Phi) is 4.19. The van der Waals surface area contributed by atoms with E-state index in [9.17, 15) is 0 Å². The van der Waals surface area contributed by atoms with E-state index in [1.165, 1.54) is 16.7 Å². The number of fused-ring (bicyclic) bond motifs is 1. The van der Waals surface area contributed by atoms with Crippen LogP contribution in [0.4, 0.5) is 0 Å². The van der Waals surface area contributed by atoms with E-state index in [1.54, 1.807) is 0 Å². The molecule has 0 saturated carbocycles. The molecule has 0 radical (unpaired) electrons. The molecule has 1 unspecified atom stereocenters. The Bertz CT molecular complexity index is 371. The minimum absolute atomic E-state index is 0.587. The molecule has 1 aliphatic rings. The molecule has 2 nitrogen and oxygen atoms in total. The van der Waals surface area contributed by atoms with Crippen molar-refractivity contribution in [2.24, 2.45) is 5.92 Å². The Morgan fingerprint density at radius 1 is 1.35 bits per heavy atom. The lowest BCUT2D eigenvalue weighted by atomic mass is 9.94. The van der Waals surface area contributed by atoms with E-state index >= 15 is 0 Å². The Labute approximate surface area is 105 Å². The molecule has 0 aliphatic carbocycles. The lowest BCUT2D eigenvalue weighted by molar-refractivity contribution is 0.431. The lowest BCUT2D eigenvalue weighted by Crippen LogP contribution is -2.43. The second kappa shape index (κ2) is 5.65. The van der Waals surface area contributed by atoms with Gasteiger partial charge in [0.05, 0.1) is 0 Å². The van der Waals surface area contributed by atoms with Gasteiger partial charge >= 0.3 is 0 Å². The topological polar surface area (TPSA) is 24.1 Å². The quantitative estimate of drug-likeness (QED) is 0.832. The molecule has 1 atom stereocenters. The van der Waals surface area contributed by atoms with Gasteiger partial charge in [-0.05, 0) is 36.9 Å². The van der Waals surface area contributed by atoms with E-state index in [2.05, 4.69) is 49.6 Å². The van der Waals surface area contributed by atoms with E-state index in [0.29, 0.717) is 6.04 Å². The van der Waals surface area contributed by atoms with E-state index in [1.807, 2.05) is 0 Å². The fraction of sp³-hybridized carbons (Fsp3) is 0.600. The molecule has 0 saturated heterocycles. The van der Waals surface area contributed by atoms with Crippen molar-refractivity contribution in [3.05, 3.63) is 34.9 Å². The van der Waals surface area contributed by atoms with Crippen molar-refractivity contribution in [1.82, 2.24) is 10.6 Å². The first kappa shape index (κ1) is 12.6. The Morgan fingerprint density at radius 3 is 2.94 bits per heavy atom. The van der Waals surface area contributed by atoms with Crippen molar-refractivity contribution in [3.8, 4) is 0 Å². The molecule has 0 amide bonds. The maximum absolute atomic E-state index is 3.61. The summed E-state index contributed by atoms with van der Waals surface area (Å²) in [6.07, 6.45) is 1.15. The van der Waals surface area contributed by atoms with Gasteiger partial charge in [0, 0.05) is 19.1 Å². The molecule has 17 heavy (non-hydrogen) atoms. The third-order valence-electron chi connectivity index (χ3n) is 3.35. The van der Waals surface area contributed by atoms with Gasteiger partial charge in [0.25, 0.3) is 0 Å². The summed E-state index contributed by atoms with van der Waals surface area (Å²) in [4.78, 5) is 0. The normalized spacial score (nSPS) is 19.4. The van der Waals surface area contributed by atoms with Gasteiger partial charge in [0.15, 0.2) is 0 Å². The summed E-state index contributed by atoms with van der Waals surface area (Å²) in [5, 5.41) is 7.15. The van der Waals surface area contributed by atoms with E-state index in [4.69, 9.17) is 0 Å². The van der Waals surface area contributed by atoms with Crippen LogP contribution in [-0.2, 0) is 13.0 Å². The van der Waals surface area contributed by atoms with Gasteiger partial charge in [-0.25, -0.2) is 0 Å². The van der Waals surface area contributed by atoms with Gasteiger partial charge in [-0.3, -0.25) is 0 Å². The van der Waals surface area contributed by atoms with Gasteiger partial charge < -0.3 is 10.6 Å². The highest BCUT2D eigenvalue weighted by atomic mass is 15.0. The third kappa shape index (κ3) is 3.55. The Morgan fingerprint density at radius 2 is 2.18 bits per heavy atom. The number of hydrogen-bond donors (Lipinski definition) is 2. The number of rotatable bonds is 4. The fourth-order valence-electron chi connectivity index (χ4n) is 2.40. The molecule has 2 rings (SSSR count). The molecule has 0 aromatic heterocycles. The molecular weight excluding hydrogens is 208 g/mol. The summed E-state index contributed by atoms with van der Waals surface area (Å²) < 4.78 is 0. The average molecular weight is 232 g/mol. The van der Waals surface area contributed by atoms with Crippen LogP contribution in [-0.4, -0.2) is 19.1 Å². The summed E-state index contributed by atoms with van der Waals surface area (Å²) in [6.45, 7) is 9.87. The number of aryl methyl sites for hydroxylation is 1. The van der Waals surface area contributed by atoms with E-state index < -0.39 is 0 Å². The second-order valence-corrected chi connectivity index (χ2v) is 5.61. The van der Waals surface area contributed by atoms with Crippen LogP contribution in [0.25, 0.3) is 0 Å². The van der Waals surface area contributed by atoms with E-state index in [-0.39, 0.29) is 0 Å². The number of hydrogen-bond acceptors (Lipinski definition) is 2. The van der Waals surface area contributed by atoms with Gasteiger partial charge in [-0.1, -0.05) is 37.6 Å². The summed E-state index contributed by atoms with van der Waals surface area (Å²) >= 11 is 0. The largest absolute Gasteiger partial charge is 0.315 e. The predicted octanol–water partition coefficient (Wildman–Crippen LogP) is 2.25. The standard InChI is InChI=1S/C15H24N2/c1-11(2)8-16-10-15-7-13-5-4-12(3)6-14(13)9-17-15/h4-6,11,15-17H,7-10H2,1-3H3. The molecule has 0 fully saturated rings. The second-order valence-electron chi connectivity index (χ2n) is 5.61. The molecule has 2 heteroatoms. The molecule has 1 heterocycles. The lowest BCUT2D eigenvalue weighted by Gasteiger charge is -2.27. The third-order valence-corrected chi connectivity index (χ3v) is 3.35. The highest BCUT2D eigenvalue weighted by Gasteiger charge is 2.17. The minimum Gasteiger partial charge on any atom is -0.315 e. The predicted molar refractivity (Wildman–Crippen MR) is 73.2 cm³/mol. The fourth-order valence-corrected chi connectivity index (χ4v) is 2.40. The van der Waals surface area contributed by atoms with Gasteiger partial charge in [0.2, 0.25) is 0 Å². The SMILES string of the molecule is Cc1ccc2c(c1)CNC(CNCC(C)C)C2. The van der Waals surface area contributed by atoms with Crippen molar-refractivity contribution in [1.29, 1.82) is 0 Å². The first-order valence-corrected chi connectivity index (χ1v) is 6.67. The van der Waals surface area contributed by atoms with Crippen LogP contribution in [0.2, 0.25) is 0 Å². The van der Waals surface area contributed by atoms with Gasteiger partial charge in [0.1, 0.15) is 0 Å². The zero-order chi connectivity index (χ0) is 12.3. The number of benzene rings is 1. The molecule has 0 bridgehead atoms.